The summed E-state index contributed by atoms with van der Waals surface area (Å²) in [7, 11) is -4.13. The normalized spacial score (nSPS) is 25.1. The zero-order chi connectivity index (χ0) is 27.4. The molecule has 0 spiro atoms. The Balaban J connectivity index is 1.56. The van der Waals surface area contributed by atoms with Crippen LogP contribution in [0.15, 0.2) is 82.8 Å². The lowest BCUT2D eigenvalue weighted by atomic mass is 9.55. The predicted octanol–water partition coefficient (Wildman–Crippen LogP) is 4.27. The SMILES string of the molecule is [N-]=[N+]=NCC[C@]1(C23CCN(S(=O)(=O)c4ccc([N+](=O)[O-])cc4)[C@H]2Nc2ccccc23)C(=O)Nc2ccccc21. The molecule has 0 aliphatic carbocycles. The van der Waals surface area contributed by atoms with E-state index in [1.54, 1.807) is 0 Å². The molecule has 13 heteroatoms. The number of hydrogen-bond donors (Lipinski definition) is 2. The largest absolute Gasteiger partial charge is 0.368 e. The van der Waals surface area contributed by atoms with Gasteiger partial charge >= 0.3 is 0 Å². The second-order valence-corrected chi connectivity index (χ2v) is 11.7. The van der Waals surface area contributed by atoms with Crippen LogP contribution in [0.5, 0.6) is 0 Å². The Morgan fingerprint density at radius 3 is 2.41 bits per heavy atom. The smallest absolute Gasteiger partial charge is 0.269 e. The molecule has 3 aromatic carbocycles. The molecule has 198 valence electrons. The van der Waals surface area contributed by atoms with E-state index in [9.17, 15) is 23.3 Å². The van der Waals surface area contributed by atoms with Gasteiger partial charge in [-0.05, 0) is 53.8 Å². The fourth-order valence-electron chi connectivity index (χ4n) is 6.72. The summed E-state index contributed by atoms with van der Waals surface area (Å²) in [5.74, 6) is -0.282. The number of hydrogen-bond acceptors (Lipinski definition) is 7. The number of sulfonamides is 1. The number of nitro benzene ring substituents is 1. The summed E-state index contributed by atoms with van der Waals surface area (Å²) in [6.07, 6.45) is -0.373. The number of fused-ring (bicyclic) bond motifs is 4. The predicted molar refractivity (Wildman–Crippen MR) is 143 cm³/mol. The van der Waals surface area contributed by atoms with Crippen LogP contribution >= 0.6 is 0 Å². The Labute approximate surface area is 223 Å². The summed E-state index contributed by atoms with van der Waals surface area (Å²) in [4.78, 5) is 27.5. The van der Waals surface area contributed by atoms with Crippen molar-refractivity contribution < 1.29 is 18.1 Å². The van der Waals surface area contributed by atoms with Gasteiger partial charge in [-0.15, -0.1) is 0 Å². The number of nitrogens with one attached hydrogen (secondary N) is 2. The fraction of sp³-hybridized carbons (Fsp3) is 0.269. The number of carbonyl (C=O) groups is 1. The highest BCUT2D eigenvalue weighted by Crippen LogP contribution is 2.63. The average Bonchev–Trinajstić information content (AvgIpc) is 3.56. The third-order valence-electron chi connectivity index (χ3n) is 8.27. The summed E-state index contributed by atoms with van der Waals surface area (Å²) in [6.45, 7) is 0.133. The van der Waals surface area contributed by atoms with Crippen molar-refractivity contribution in [3.8, 4) is 0 Å². The maximum atomic E-state index is 14.1. The van der Waals surface area contributed by atoms with Crippen LogP contribution in [0.25, 0.3) is 10.4 Å². The van der Waals surface area contributed by atoms with E-state index in [4.69, 9.17) is 5.53 Å². The topological polar surface area (TPSA) is 170 Å². The van der Waals surface area contributed by atoms with Crippen LogP contribution in [0.3, 0.4) is 0 Å². The highest BCUT2D eigenvalue weighted by Gasteiger charge is 2.71. The lowest BCUT2D eigenvalue weighted by Crippen LogP contribution is -2.60. The molecule has 1 saturated heterocycles. The number of nitro groups is 1. The number of para-hydroxylation sites is 2. The van der Waals surface area contributed by atoms with Crippen molar-refractivity contribution in [2.45, 2.75) is 34.7 Å². The molecule has 12 nitrogen and oxygen atoms in total. The first kappa shape index (κ1) is 24.9. The van der Waals surface area contributed by atoms with Gasteiger partial charge in [-0.3, -0.25) is 14.9 Å². The van der Waals surface area contributed by atoms with Crippen molar-refractivity contribution in [1.29, 1.82) is 0 Å². The van der Waals surface area contributed by atoms with E-state index in [-0.39, 0.29) is 36.0 Å². The van der Waals surface area contributed by atoms with E-state index in [0.29, 0.717) is 17.8 Å². The molecule has 39 heavy (non-hydrogen) atoms. The van der Waals surface area contributed by atoms with Gasteiger partial charge in [-0.25, -0.2) is 8.42 Å². The lowest BCUT2D eigenvalue weighted by Gasteiger charge is -2.46. The quantitative estimate of drug-likeness (QED) is 0.148. The molecule has 1 fully saturated rings. The number of carbonyl (C=O) groups excluding carboxylic acids is 1. The fourth-order valence-corrected chi connectivity index (χ4v) is 8.32. The number of non-ortho nitro benzene ring substituents is 1. The highest BCUT2D eigenvalue weighted by molar-refractivity contribution is 7.89. The average molecular weight is 546 g/mol. The maximum Gasteiger partial charge on any atom is 0.269 e. The van der Waals surface area contributed by atoms with E-state index in [1.165, 1.54) is 16.4 Å². The minimum Gasteiger partial charge on any atom is -0.368 e. The Bertz CT molecular complexity index is 1670. The Hall–Kier alpha value is -4.45. The van der Waals surface area contributed by atoms with Gasteiger partial charge in [0.1, 0.15) is 6.17 Å². The molecular weight excluding hydrogens is 522 g/mol. The number of azide groups is 1. The first-order valence-corrected chi connectivity index (χ1v) is 13.8. The molecular formula is C26H23N7O5S. The zero-order valence-electron chi connectivity index (χ0n) is 20.5. The standard InChI is InChI=1S/C26H23N7O5S/c27-31-28-15-13-26(20-6-2-4-8-22(20)30-24(26)34)25-14-16-32(23(25)29-21-7-3-1-5-19(21)25)39(37,38)18-11-9-17(10-12-18)33(35)36/h1-12,23,29H,13-16H2,(H,30,34)/t23-,25?,26-/m1/s1. The summed E-state index contributed by atoms with van der Waals surface area (Å²) < 4.78 is 29.4. The van der Waals surface area contributed by atoms with Crippen molar-refractivity contribution in [3.63, 3.8) is 0 Å². The number of benzene rings is 3. The molecule has 3 aliphatic rings. The second-order valence-electron chi connectivity index (χ2n) is 9.79. The number of amides is 1. The molecule has 6 rings (SSSR count). The number of rotatable bonds is 7. The maximum absolute atomic E-state index is 14.1. The van der Waals surface area contributed by atoms with Crippen molar-refractivity contribution >= 4 is 33.0 Å². The summed E-state index contributed by atoms with van der Waals surface area (Å²) >= 11 is 0. The van der Waals surface area contributed by atoms with Crippen molar-refractivity contribution in [1.82, 2.24) is 4.31 Å². The van der Waals surface area contributed by atoms with E-state index in [1.807, 2.05) is 48.5 Å². The Morgan fingerprint density at radius 1 is 1.05 bits per heavy atom. The number of nitrogens with zero attached hydrogens (tertiary/aromatic N) is 5. The minimum atomic E-state index is -4.13. The van der Waals surface area contributed by atoms with Gasteiger partial charge in [0.2, 0.25) is 15.9 Å². The zero-order valence-corrected chi connectivity index (χ0v) is 21.3. The third-order valence-corrected chi connectivity index (χ3v) is 10.1. The van der Waals surface area contributed by atoms with E-state index in [2.05, 4.69) is 20.7 Å². The Kier molecular flexibility index (Phi) is 5.61. The van der Waals surface area contributed by atoms with Crippen LogP contribution in [0, 0.1) is 10.1 Å². The summed E-state index contributed by atoms with van der Waals surface area (Å²) in [6, 6.07) is 19.6. The van der Waals surface area contributed by atoms with Gasteiger partial charge in [0.15, 0.2) is 0 Å². The molecule has 2 N–H and O–H groups in total. The third kappa shape index (κ3) is 3.30. The first-order valence-electron chi connectivity index (χ1n) is 12.3. The molecule has 1 amide bonds. The van der Waals surface area contributed by atoms with E-state index in [0.717, 1.165) is 23.3 Å². The first-order chi connectivity index (χ1) is 18.8. The van der Waals surface area contributed by atoms with Crippen molar-refractivity contribution in [3.05, 3.63) is 104 Å². The van der Waals surface area contributed by atoms with Crippen molar-refractivity contribution in [2.24, 2.45) is 5.11 Å². The molecule has 0 radical (unpaired) electrons. The molecule has 0 bridgehead atoms. The molecule has 0 aromatic heterocycles. The van der Waals surface area contributed by atoms with Gasteiger partial charge in [-0.2, -0.15) is 4.31 Å². The number of anilines is 2. The van der Waals surface area contributed by atoms with Gasteiger partial charge in [0, 0.05) is 41.5 Å². The van der Waals surface area contributed by atoms with Crippen LogP contribution in [0.1, 0.15) is 24.0 Å². The second kappa shape index (κ2) is 8.80. The van der Waals surface area contributed by atoms with E-state index < -0.39 is 31.9 Å². The van der Waals surface area contributed by atoms with Crippen molar-refractivity contribution in [2.75, 3.05) is 23.7 Å². The van der Waals surface area contributed by atoms with Gasteiger partial charge < -0.3 is 10.6 Å². The van der Waals surface area contributed by atoms with Gasteiger partial charge in [-0.1, -0.05) is 41.5 Å². The minimum absolute atomic E-state index is 0.0317. The van der Waals surface area contributed by atoms with Gasteiger partial charge in [0.25, 0.3) is 5.69 Å². The summed E-state index contributed by atoms with van der Waals surface area (Å²) in [5.41, 5.74) is 9.42. The lowest BCUT2D eigenvalue weighted by molar-refractivity contribution is -0.384. The van der Waals surface area contributed by atoms with Gasteiger partial charge in [0.05, 0.1) is 20.6 Å². The van der Waals surface area contributed by atoms with Crippen LogP contribution in [-0.4, -0.2) is 42.8 Å². The molecule has 3 atom stereocenters. The van der Waals surface area contributed by atoms with Crippen LogP contribution < -0.4 is 10.6 Å². The highest BCUT2D eigenvalue weighted by atomic mass is 32.2. The van der Waals surface area contributed by atoms with Crippen LogP contribution in [0.2, 0.25) is 0 Å². The molecule has 0 saturated carbocycles. The van der Waals surface area contributed by atoms with Crippen LogP contribution in [0.4, 0.5) is 17.1 Å². The molecule has 1 unspecified atom stereocenters. The monoisotopic (exact) mass is 545 g/mol. The van der Waals surface area contributed by atoms with Crippen LogP contribution in [-0.2, 0) is 25.6 Å². The molecule has 3 aliphatic heterocycles. The molecule has 3 heterocycles. The molecule has 3 aromatic rings. The summed E-state index contributed by atoms with van der Waals surface area (Å²) in [5, 5.41) is 21.3. The Morgan fingerprint density at radius 2 is 1.72 bits per heavy atom. The van der Waals surface area contributed by atoms with E-state index >= 15 is 0 Å².